The molecule has 5 nitrogen and oxygen atoms in total. The highest BCUT2D eigenvalue weighted by atomic mass is 32.1. The van der Waals surface area contributed by atoms with E-state index in [0.717, 1.165) is 21.6 Å². The van der Waals surface area contributed by atoms with E-state index in [0.29, 0.717) is 16.3 Å². The average Bonchev–Trinajstić information content (AvgIpc) is 3.38. The minimum absolute atomic E-state index is 0.0592. The van der Waals surface area contributed by atoms with Crippen LogP contribution < -0.4 is 5.32 Å². The number of nitrogens with one attached hydrogen (secondary N) is 2. The zero-order chi connectivity index (χ0) is 20.9. The monoisotopic (exact) mass is 430 g/mol. The number of benzene rings is 2. The van der Waals surface area contributed by atoms with Gasteiger partial charge in [-0.25, -0.2) is 0 Å². The molecule has 1 amide bonds. The second-order valence-corrected chi connectivity index (χ2v) is 8.00. The van der Waals surface area contributed by atoms with Crippen LogP contribution in [0.25, 0.3) is 11.4 Å². The third-order valence-electron chi connectivity index (χ3n) is 4.37. The molecule has 4 rings (SSSR count). The summed E-state index contributed by atoms with van der Waals surface area (Å²) in [6.45, 7) is 2.08. The summed E-state index contributed by atoms with van der Waals surface area (Å²) in [5.74, 6) is 6.68. The van der Waals surface area contributed by atoms with Gasteiger partial charge in [0, 0.05) is 16.8 Å². The summed E-state index contributed by atoms with van der Waals surface area (Å²) in [6.07, 6.45) is 0. The summed E-state index contributed by atoms with van der Waals surface area (Å²) in [5, 5.41) is 12.0. The van der Waals surface area contributed by atoms with Gasteiger partial charge in [-0.3, -0.25) is 14.5 Å². The summed E-state index contributed by atoms with van der Waals surface area (Å²) >= 11 is 6.92. The fourth-order valence-corrected chi connectivity index (χ4v) is 3.66. The zero-order valence-corrected chi connectivity index (χ0v) is 17.8. The van der Waals surface area contributed by atoms with Crippen LogP contribution in [0, 0.1) is 23.5 Å². The fraction of sp³-hybridized carbons (Fsp3) is 0.0870. The first-order valence-electron chi connectivity index (χ1n) is 9.26. The van der Waals surface area contributed by atoms with E-state index in [1.807, 2.05) is 73.0 Å². The average molecular weight is 431 g/mol. The number of carbonyl (C=O) groups is 1. The predicted octanol–water partition coefficient (Wildman–Crippen LogP) is 5.02. The Morgan fingerprint density at radius 3 is 2.77 bits per heavy atom. The first-order valence-corrected chi connectivity index (χ1v) is 10.5. The molecular formula is C23H18N4OS2. The summed E-state index contributed by atoms with van der Waals surface area (Å²) in [6, 6.07) is 19.3. The van der Waals surface area contributed by atoms with Crippen molar-refractivity contribution in [2.24, 2.45) is 0 Å². The Balaban J connectivity index is 1.50. The first kappa shape index (κ1) is 19.8. The van der Waals surface area contributed by atoms with E-state index in [9.17, 15) is 4.79 Å². The van der Waals surface area contributed by atoms with Gasteiger partial charge in [0.2, 0.25) is 5.91 Å². The molecule has 0 aliphatic rings. The molecule has 0 bridgehead atoms. The molecule has 2 aromatic carbocycles. The van der Waals surface area contributed by atoms with E-state index in [1.165, 1.54) is 0 Å². The van der Waals surface area contributed by atoms with Crippen LogP contribution in [0.15, 0.2) is 66.0 Å². The number of anilines is 1. The van der Waals surface area contributed by atoms with Crippen LogP contribution in [0.5, 0.6) is 0 Å². The topological polar surface area (TPSA) is 62.7 Å². The van der Waals surface area contributed by atoms with Crippen LogP contribution in [0.3, 0.4) is 0 Å². The third kappa shape index (κ3) is 4.74. The first-order chi connectivity index (χ1) is 14.6. The summed E-state index contributed by atoms with van der Waals surface area (Å²) in [4.78, 5) is 13.7. The molecule has 2 N–H and O–H groups in total. The Labute approximate surface area is 183 Å². The minimum Gasteiger partial charge on any atom is -0.324 e. The van der Waals surface area contributed by atoms with Crippen LogP contribution in [0.2, 0.25) is 0 Å². The Hall–Kier alpha value is -3.47. The van der Waals surface area contributed by atoms with Gasteiger partial charge in [-0.15, -0.1) is 11.3 Å². The third-order valence-corrected chi connectivity index (χ3v) is 5.46. The van der Waals surface area contributed by atoms with Crippen molar-refractivity contribution in [1.82, 2.24) is 14.8 Å². The molecule has 4 aromatic rings. The van der Waals surface area contributed by atoms with Crippen molar-refractivity contribution in [3.05, 3.63) is 86.8 Å². The Morgan fingerprint density at radius 1 is 1.17 bits per heavy atom. The SMILES string of the molecule is Cc1ccc(-c2n[nH]c(=S)n2CC(=O)Nc2cccc(C#Cc3cccs3)c2)cc1. The smallest absolute Gasteiger partial charge is 0.244 e. The van der Waals surface area contributed by atoms with Crippen LogP contribution in [-0.2, 0) is 11.3 Å². The van der Waals surface area contributed by atoms with Gasteiger partial charge in [0.25, 0.3) is 0 Å². The maximum atomic E-state index is 12.7. The number of hydrogen-bond acceptors (Lipinski definition) is 4. The van der Waals surface area contributed by atoms with Crippen molar-refractivity contribution in [3.8, 4) is 23.2 Å². The second-order valence-electron chi connectivity index (χ2n) is 6.66. The zero-order valence-electron chi connectivity index (χ0n) is 16.2. The number of aryl methyl sites for hydroxylation is 1. The van der Waals surface area contributed by atoms with Gasteiger partial charge >= 0.3 is 0 Å². The number of nitrogens with zero attached hydrogens (tertiary/aromatic N) is 2. The predicted molar refractivity (Wildman–Crippen MR) is 123 cm³/mol. The molecule has 7 heteroatoms. The van der Waals surface area contributed by atoms with Crippen molar-refractivity contribution in [2.45, 2.75) is 13.5 Å². The molecule has 0 saturated carbocycles. The maximum absolute atomic E-state index is 12.7. The second kappa shape index (κ2) is 8.91. The van der Waals surface area contributed by atoms with Crippen molar-refractivity contribution in [2.75, 3.05) is 5.32 Å². The lowest BCUT2D eigenvalue weighted by molar-refractivity contribution is -0.116. The number of rotatable bonds is 4. The van der Waals surface area contributed by atoms with Crippen LogP contribution in [0.1, 0.15) is 16.0 Å². The number of amides is 1. The van der Waals surface area contributed by atoms with Crippen molar-refractivity contribution < 1.29 is 4.79 Å². The van der Waals surface area contributed by atoms with Gasteiger partial charge in [-0.2, -0.15) is 5.10 Å². The lowest BCUT2D eigenvalue weighted by Gasteiger charge is -2.09. The van der Waals surface area contributed by atoms with Crippen LogP contribution >= 0.6 is 23.6 Å². The Morgan fingerprint density at radius 2 is 2.00 bits per heavy atom. The standard InChI is InChI=1S/C23H18N4OS2/c1-16-7-10-18(11-8-16)22-25-26-23(29)27(22)15-21(28)24-19-5-2-4-17(14-19)9-12-20-6-3-13-30-20/h2-8,10-11,13-14H,15H2,1H3,(H,24,28)(H,26,29). The number of thiophene rings is 1. The normalized spacial score (nSPS) is 10.3. The Kier molecular flexibility index (Phi) is 5.89. The molecule has 2 heterocycles. The minimum atomic E-state index is -0.191. The van der Waals surface area contributed by atoms with E-state index < -0.39 is 0 Å². The molecule has 0 unspecified atom stereocenters. The molecule has 148 valence electrons. The summed E-state index contributed by atoms with van der Waals surface area (Å²) in [5.41, 5.74) is 3.57. The van der Waals surface area contributed by atoms with Gasteiger partial charge in [0.15, 0.2) is 10.6 Å². The van der Waals surface area contributed by atoms with E-state index in [-0.39, 0.29) is 12.5 Å². The summed E-state index contributed by atoms with van der Waals surface area (Å²) < 4.78 is 2.09. The number of hydrogen-bond donors (Lipinski definition) is 2. The lowest BCUT2D eigenvalue weighted by atomic mass is 10.1. The fourth-order valence-electron chi connectivity index (χ4n) is 2.89. The molecule has 0 spiro atoms. The highest BCUT2D eigenvalue weighted by molar-refractivity contribution is 7.71. The van der Waals surface area contributed by atoms with Crippen molar-refractivity contribution in [1.29, 1.82) is 0 Å². The number of aromatic nitrogens is 3. The van der Waals surface area contributed by atoms with Gasteiger partial charge < -0.3 is 5.32 Å². The molecule has 0 fully saturated rings. The highest BCUT2D eigenvalue weighted by Crippen LogP contribution is 2.18. The molecular weight excluding hydrogens is 412 g/mol. The van der Waals surface area contributed by atoms with Gasteiger partial charge in [0.1, 0.15) is 6.54 Å². The van der Waals surface area contributed by atoms with Crippen LogP contribution in [0.4, 0.5) is 5.69 Å². The quantitative estimate of drug-likeness (QED) is 0.353. The van der Waals surface area contributed by atoms with Gasteiger partial charge in [-0.1, -0.05) is 53.8 Å². The number of carbonyl (C=O) groups excluding carboxylic acids is 1. The van der Waals surface area contributed by atoms with Crippen LogP contribution in [-0.4, -0.2) is 20.7 Å². The highest BCUT2D eigenvalue weighted by Gasteiger charge is 2.12. The van der Waals surface area contributed by atoms with Gasteiger partial charge in [-0.05, 0) is 48.8 Å². The van der Waals surface area contributed by atoms with E-state index >= 15 is 0 Å². The molecule has 0 aliphatic carbocycles. The van der Waals surface area contributed by atoms with E-state index in [4.69, 9.17) is 12.2 Å². The van der Waals surface area contributed by atoms with Crippen molar-refractivity contribution in [3.63, 3.8) is 0 Å². The molecule has 30 heavy (non-hydrogen) atoms. The maximum Gasteiger partial charge on any atom is 0.244 e. The molecule has 0 radical (unpaired) electrons. The van der Waals surface area contributed by atoms with E-state index in [2.05, 4.69) is 27.4 Å². The largest absolute Gasteiger partial charge is 0.324 e. The number of H-pyrrole nitrogens is 1. The summed E-state index contributed by atoms with van der Waals surface area (Å²) in [7, 11) is 0. The number of aromatic amines is 1. The molecule has 2 aromatic heterocycles. The van der Waals surface area contributed by atoms with Crippen molar-refractivity contribution >= 4 is 35.1 Å². The van der Waals surface area contributed by atoms with Gasteiger partial charge in [0.05, 0.1) is 4.88 Å². The molecule has 0 atom stereocenters. The molecule has 0 aliphatic heterocycles. The lowest BCUT2D eigenvalue weighted by Crippen LogP contribution is -2.19. The molecule has 0 saturated heterocycles. The van der Waals surface area contributed by atoms with E-state index in [1.54, 1.807) is 15.9 Å². The Bertz CT molecular complexity index is 1290.